The van der Waals surface area contributed by atoms with Crippen molar-refractivity contribution in [2.75, 3.05) is 13.7 Å². The summed E-state index contributed by atoms with van der Waals surface area (Å²) in [7, 11) is 1.54. The van der Waals surface area contributed by atoms with Crippen LogP contribution in [-0.4, -0.2) is 19.6 Å². The maximum atomic E-state index is 10.8. The minimum Gasteiger partial charge on any atom is -0.493 e. The third kappa shape index (κ3) is 3.25. The summed E-state index contributed by atoms with van der Waals surface area (Å²) >= 11 is 0. The summed E-state index contributed by atoms with van der Waals surface area (Å²) in [6, 6.07) is 5.41. The van der Waals surface area contributed by atoms with Gasteiger partial charge in [0.15, 0.2) is 11.5 Å². The lowest BCUT2D eigenvalue weighted by molar-refractivity contribution is -0.132. The van der Waals surface area contributed by atoms with Crippen molar-refractivity contribution in [3.8, 4) is 11.5 Å². The van der Waals surface area contributed by atoms with Crippen LogP contribution in [-0.2, 0) is 11.2 Å². The van der Waals surface area contributed by atoms with Crippen molar-refractivity contribution < 1.29 is 14.3 Å². The van der Waals surface area contributed by atoms with Gasteiger partial charge in [0.1, 0.15) is 0 Å². The predicted molar refractivity (Wildman–Crippen MR) is 57.1 cm³/mol. The summed E-state index contributed by atoms with van der Waals surface area (Å²) in [6.07, 6.45) is 0.775. The summed E-state index contributed by atoms with van der Waals surface area (Å²) < 4.78 is 10.1. The molecule has 1 aromatic carbocycles. The third-order valence-electron chi connectivity index (χ3n) is 1.91. The Balaban J connectivity index is 2.92. The maximum Gasteiger partial charge on any atom is 0.308 e. The van der Waals surface area contributed by atoms with Crippen LogP contribution in [0.3, 0.4) is 0 Å². The number of esters is 1. The highest BCUT2D eigenvalue weighted by atomic mass is 16.6. The molecule has 0 saturated carbocycles. The van der Waals surface area contributed by atoms with Crippen LogP contribution < -0.4 is 15.2 Å². The minimum absolute atomic E-state index is 0.361. The molecule has 0 bridgehead atoms. The predicted octanol–water partition coefficient (Wildman–Crippen LogP) is 1.12. The molecule has 0 amide bonds. The van der Waals surface area contributed by atoms with Gasteiger partial charge < -0.3 is 15.2 Å². The van der Waals surface area contributed by atoms with Crippen LogP contribution in [0.15, 0.2) is 18.2 Å². The van der Waals surface area contributed by atoms with Crippen molar-refractivity contribution in [3.05, 3.63) is 23.8 Å². The standard InChI is InChI=1S/C11H15NO3/c1-8(13)15-10-4-3-9(5-6-12)7-11(10)14-2/h3-4,7H,5-6,12H2,1-2H3. The molecule has 0 atom stereocenters. The molecule has 0 aliphatic rings. The highest BCUT2D eigenvalue weighted by Gasteiger charge is 2.07. The molecule has 0 spiro atoms. The first kappa shape index (κ1) is 11.5. The Hall–Kier alpha value is -1.55. The molecule has 82 valence electrons. The number of carbonyl (C=O) groups is 1. The summed E-state index contributed by atoms with van der Waals surface area (Å²) in [6.45, 7) is 1.93. The number of ether oxygens (including phenoxy) is 2. The molecule has 1 aromatic rings. The summed E-state index contributed by atoms with van der Waals surface area (Å²) in [4.78, 5) is 10.8. The molecule has 4 heteroatoms. The largest absolute Gasteiger partial charge is 0.493 e. The van der Waals surface area contributed by atoms with Gasteiger partial charge in [0.05, 0.1) is 7.11 Å². The van der Waals surface area contributed by atoms with Crippen LogP contribution in [0.4, 0.5) is 0 Å². The molecule has 1 rings (SSSR count). The number of hydrogen-bond donors (Lipinski definition) is 1. The van der Waals surface area contributed by atoms with Crippen molar-refractivity contribution >= 4 is 5.97 Å². The van der Waals surface area contributed by atoms with E-state index in [0.717, 1.165) is 12.0 Å². The van der Waals surface area contributed by atoms with Crippen molar-refractivity contribution in [2.24, 2.45) is 5.73 Å². The lowest BCUT2D eigenvalue weighted by Gasteiger charge is -2.09. The first-order chi connectivity index (χ1) is 7.17. The lowest BCUT2D eigenvalue weighted by atomic mass is 10.1. The molecule has 0 fully saturated rings. The topological polar surface area (TPSA) is 61.6 Å². The Morgan fingerprint density at radius 1 is 1.40 bits per heavy atom. The van der Waals surface area contributed by atoms with E-state index in [9.17, 15) is 4.79 Å². The Labute approximate surface area is 89.0 Å². The average molecular weight is 209 g/mol. The second kappa shape index (κ2) is 5.36. The smallest absolute Gasteiger partial charge is 0.308 e. The van der Waals surface area contributed by atoms with Gasteiger partial charge in [0.25, 0.3) is 0 Å². The van der Waals surface area contributed by atoms with Crippen molar-refractivity contribution in [1.82, 2.24) is 0 Å². The molecule has 4 nitrogen and oxygen atoms in total. The van der Waals surface area contributed by atoms with Crippen LogP contribution >= 0.6 is 0 Å². The van der Waals surface area contributed by atoms with Gasteiger partial charge in [-0.15, -0.1) is 0 Å². The van der Waals surface area contributed by atoms with Crippen LogP contribution in [0.2, 0.25) is 0 Å². The molecule has 0 aliphatic carbocycles. The molecule has 15 heavy (non-hydrogen) atoms. The zero-order valence-electron chi connectivity index (χ0n) is 8.95. The van der Waals surface area contributed by atoms with Crippen LogP contribution in [0, 0.1) is 0 Å². The quantitative estimate of drug-likeness (QED) is 0.596. The molecule has 0 radical (unpaired) electrons. The van der Waals surface area contributed by atoms with E-state index in [4.69, 9.17) is 15.2 Å². The number of benzene rings is 1. The average Bonchev–Trinajstić information content (AvgIpc) is 2.20. The Bertz CT molecular complexity index is 350. The van der Waals surface area contributed by atoms with Gasteiger partial charge in [-0.3, -0.25) is 4.79 Å². The Morgan fingerprint density at radius 3 is 2.67 bits per heavy atom. The monoisotopic (exact) mass is 209 g/mol. The van der Waals surface area contributed by atoms with E-state index in [2.05, 4.69) is 0 Å². The van der Waals surface area contributed by atoms with Crippen molar-refractivity contribution in [1.29, 1.82) is 0 Å². The summed E-state index contributed by atoms with van der Waals surface area (Å²) in [5.41, 5.74) is 6.51. The zero-order chi connectivity index (χ0) is 11.3. The fourth-order valence-electron chi connectivity index (χ4n) is 1.27. The fourth-order valence-corrected chi connectivity index (χ4v) is 1.27. The number of methoxy groups -OCH3 is 1. The number of hydrogen-bond acceptors (Lipinski definition) is 4. The van der Waals surface area contributed by atoms with Gasteiger partial charge in [-0.2, -0.15) is 0 Å². The fraction of sp³-hybridized carbons (Fsp3) is 0.364. The molecule has 0 unspecified atom stereocenters. The van der Waals surface area contributed by atoms with Gasteiger partial charge in [-0.1, -0.05) is 6.07 Å². The van der Waals surface area contributed by atoms with Crippen LogP contribution in [0.1, 0.15) is 12.5 Å². The van der Waals surface area contributed by atoms with Crippen LogP contribution in [0.5, 0.6) is 11.5 Å². The van der Waals surface area contributed by atoms with Crippen molar-refractivity contribution in [2.45, 2.75) is 13.3 Å². The SMILES string of the molecule is COc1cc(CCN)ccc1OC(C)=O. The first-order valence-corrected chi connectivity index (χ1v) is 4.72. The molecule has 0 aliphatic heterocycles. The highest BCUT2D eigenvalue weighted by molar-refractivity contribution is 5.70. The van der Waals surface area contributed by atoms with Gasteiger partial charge in [0.2, 0.25) is 0 Å². The zero-order valence-corrected chi connectivity index (χ0v) is 8.95. The number of carbonyl (C=O) groups excluding carboxylic acids is 1. The molecule has 0 heterocycles. The van der Waals surface area contributed by atoms with Gasteiger partial charge >= 0.3 is 5.97 Å². The molecule has 2 N–H and O–H groups in total. The third-order valence-corrected chi connectivity index (χ3v) is 1.91. The summed E-state index contributed by atoms with van der Waals surface area (Å²) in [5, 5.41) is 0. The summed E-state index contributed by atoms with van der Waals surface area (Å²) in [5.74, 6) is 0.627. The molecule has 0 saturated heterocycles. The van der Waals surface area contributed by atoms with Crippen molar-refractivity contribution in [3.63, 3.8) is 0 Å². The normalized spacial score (nSPS) is 9.80. The second-order valence-electron chi connectivity index (χ2n) is 3.12. The van der Waals surface area contributed by atoms with Gasteiger partial charge in [-0.05, 0) is 30.7 Å². The van der Waals surface area contributed by atoms with E-state index >= 15 is 0 Å². The lowest BCUT2D eigenvalue weighted by Crippen LogP contribution is -2.05. The Kier molecular flexibility index (Phi) is 4.12. The number of rotatable bonds is 4. The highest BCUT2D eigenvalue weighted by Crippen LogP contribution is 2.28. The molecule has 0 aromatic heterocycles. The molecular formula is C11H15NO3. The van der Waals surface area contributed by atoms with E-state index in [1.165, 1.54) is 14.0 Å². The van der Waals surface area contributed by atoms with Crippen LogP contribution in [0.25, 0.3) is 0 Å². The Morgan fingerprint density at radius 2 is 2.13 bits per heavy atom. The second-order valence-corrected chi connectivity index (χ2v) is 3.12. The van der Waals surface area contributed by atoms with E-state index in [-0.39, 0.29) is 5.97 Å². The maximum absolute atomic E-state index is 10.8. The van der Waals surface area contributed by atoms with Gasteiger partial charge in [0, 0.05) is 6.92 Å². The number of nitrogens with two attached hydrogens (primary N) is 1. The van der Waals surface area contributed by atoms with Gasteiger partial charge in [-0.25, -0.2) is 0 Å². The van der Waals surface area contributed by atoms with E-state index < -0.39 is 0 Å². The first-order valence-electron chi connectivity index (χ1n) is 4.72. The van der Waals surface area contributed by atoms with E-state index in [1.807, 2.05) is 12.1 Å². The van der Waals surface area contributed by atoms with E-state index in [1.54, 1.807) is 6.07 Å². The molecular weight excluding hydrogens is 194 g/mol. The minimum atomic E-state index is -0.361. The van der Waals surface area contributed by atoms with E-state index in [0.29, 0.717) is 18.0 Å².